The molecule has 3 heteroatoms. The quantitative estimate of drug-likeness (QED) is 0.684. The number of pyridine rings is 1. The second-order valence-electron chi connectivity index (χ2n) is 4.93. The Balaban J connectivity index is 2.01. The maximum absolute atomic E-state index is 12.6. The molecule has 0 radical (unpaired) electrons. The Labute approximate surface area is 123 Å². The third kappa shape index (κ3) is 2.50. The summed E-state index contributed by atoms with van der Waals surface area (Å²) in [6, 6.07) is 15.1. The van der Waals surface area contributed by atoms with Crippen molar-refractivity contribution >= 4 is 16.7 Å². The van der Waals surface area contributed by atoms with Crippen LogP contribution in [0.3, 0.4) is 0 Å². The molecule has 2 aromatic carbocycles. The summed E-state index contributed by atoms with van der Waals surface area (Å²) in [7, 11) is 1.62. The van der Waals surface area contributed by atoms with Crippen molar-refractivity contribution in [3.63, 3.8) is 0 Å². The molecule has 1 aromatic heterocycles. The molecule has 0 atom stereocenters. The first-order chi connectivity index (χ1) is 10.2. The maximum Gasteiger partial charge on any atom is 0.194 e. The van der Waals surface area contributed by atoms with Crippen molar-refractivity contribution in [1.82, 2.24) is 4.98 Å². The number of carbonyl (C=O) groups is 1. The van der Waals surface area contributed by atoms with Gasteiger partial charge in [0.05, 0.1) is 12.6 Å². The molecule has 0 aliphatic carbocycles. The standard InChI is InChI=1S/C18H15NO2/c1-12-9-14(7-8-17(12)21-2)18(20)15-10-13-5-3-4-6-16(13)19-11-15/h3-11H,1-2H3. The number of hydrogen-bond acceptors (Lipinski definition) is 3. The highest BCUT2D eigenvalue weighted by Crippen LogP contribution is 2.21. The molecular formula is C18H15NO2. The molecule has 1 heterocycles. The van der Waals surface area contributed by atoms with Crippen LogP contribution in [0.4, 0.5) is 0 Å². The van der Waals surface area contributed by atoms with Crippen LogP contribution >= 0.6 is 0 Å². The van der Waals surface area contributed by atoms with Gasteiger partial charge in [-0.3, -0.25) is 9.78 Å². The third-order valence-corrected chi connectivity index (χ3v) is 3.51. The van der Waals surface area contributed by atoms with Gasteiger partial charge >= 0.3 is 0 Å². The van der Waals surface area contributed by atoms with Crippen LogP contribution in [0, 0.1) is 6.92 Å². The molecule has 0 amide bonds. The summed E-state index contributed by atoms with van der Waals surface area (Å²) in [6.45, 7) is 1.92. The summed E-state index contributed by atoms with van der Waals surface area (Å²) in [5.41, 5.74) is 3.07. The first kappa shape index (κ1) is 13.3. The Bertz CT molecular complexity index is 824. The van der Waals surface area contributed by atoms with Crippen LogP contribution in [0.1, 0.15) is 21.5 Å². The number of rotatable bonds is 3. The Morgan fingerprint density at radius 2 is 1.86 bits per heavy atom. The Hall–Kier alpha value is -2.68. The van der Waals surface area contributed by atoms with Crippen molar-refractivity contribution in [1.29, 1.82) is 0 Å². The fourth-order valence-electron chi connectivity index (χ4n) is 2.38. The SMILES string of the molecule is COc1ccc(C(=O)c2cnc3ccccc3c2)cc1C. The molecule has 0 saturated carbocycles. The second-order valence-corrected chi connectivity index (χ2v) is 4.93. The minimum Gasteiger partial charge on any atom is -0.496 e. The second kappa shape index (κ2) is 5.37. The van der Waals surface area contributed by atoms with E-state index in [1.54, 1.807) is 19.4 Å². The lowest BCUT2D eigenvalue weighted by Crippen LogP contribution is -2.03. The molecule has 0 spiro atoms. The van der Waals surface area contributed by atoms with E-state index in [0.717, 1.165) is 22.2 Å². The van der Waals surface area contributed by atoms with Crippen LogP contribution in [0.5, 0.6) is 5.75 Å². The average molecular weight is 277 g/mol. The Morgan fingerprint density at radius 3 is 2.62 bits per heavy atom. The highest BCUT2D eigenvalue weighted by atomic mass is 16.5. The highest BCUT2D eigenvalue weighted by Gasteiger charge is 2.12. The summed E-state index contributed by atoms with van der Waals surface area (Å²) in [4.78, 5) is 16.9. The van der Waals surface area contributed by atoms with Gasteiger partial charge in [-0.2, -0.15) is 0 Å². The summed E-state index contributed by atoms with van der Waals surface area (Å²) in [5.74, 6) is 0.752. The van der Waals surface area contributed by atoms with E-state index in [9.17, 15) is 4.79 Å². The molecule has 104 valence electrons. The lowest BCUT2D eigenvalue weighted by molar-refractivity contribution is 0.103. The van der Waals surface area contributed by atoms with Gasteiger partial charge in [0.25, 0.3) is 0 Å². The number of carbonyl (C=O) groups excluding carboxylic acids is 1. The van der Waals surface area contributed by atoms with Gasteiger partial charge in [0.15, 0.2) is 5.78 Å². The summed E-state index contributed by atoms with van der Waals surface area (Å²) >= 11 is 0. The summed E-state index contributed by atoms with van der Waals surface area (Å²) < 4.78 is 5.22. The number of methoxy groups -OCH3 is 1. The monoisotopic (exact) mass is 277 g/mol. The number of benzene rings is 2. The predicted molar refractivity (Wildman–Crippen MR) is 82.9 cm³/mol. The largest absolute Gasteiger partial charge is 0.496 e. The van der Waals surface area contributed by atoms with Gasteiger partial charge < -0.3 is 4.74 Å². The lowest BCUT2D eigenvalue weighted by Gasteiger charge is -2.07. The topological polar surface area (TPSA) is 39.2 Å². The van der Waals surface area contributed by atoms with Crippen LogP contribution in [0.2, 0.25) is 0 Å². The third-order valence-electron chi connectivity index (χ3n) is 3.51. The maximum atomic E-state index is 12.6. The fourth-order valence-corrected chi connectivity index (χ4v) is 2.38. The predicted octanol–water partition coefficient (Wildman–Crippen LogP) is 3.78. The normalized spacial score (nSPS) is 10.6. The van der Waals surface area contributed by atoms with Crippen molar-refractivity contribution in [2.75, 3.05) is 7.11 Å². The molecular weight excluding hydrogens is 262 g/mol. The van der Waals surface area contributed by atoms with Crippen LogP contribution in [-0.4, -0.2) is 17.9 Å². The molecule has 0 aliphatic heterocycles. The number of para-hydroxylation sites is 1. The number of hydrogen-bond donors (Lipinski definition) is 0. The fraction of sp³-hybridized carbons (Fsp3) is 0.111. The smallest absolute Gasteiger partial charge is 0.194 e. The van der Waals surface area contributed by atoms with Crippen molar-refractivity contribution in [2.24, 2.45) is 0 Å². The first-order valence-corrected chi connectivity index (χ1v) is 6.73. The van der Waals surface area contributed by atoms with E-state index in [4.69, 9.17) is 4.74 Å². The number of fused-ring (bicyclic) bond motifs is 1. The van der Waals surface area contributed by atoms with Crippen LogP contribution in [0.25, 0.3) is 10.9 Å². The van der Waals surface area contributed by atoms with Crippen LogP contribution in [-0.2, 0) is 0 Å². The van der Waals surface area contributed by atoms with E-state index in [2.05, 4.69) is 4.98 Å². The van der Waals surface area contributed by atoms with Crippen molar-refractivity contribution in [2.45, 2.75) is 6.92 Å². The summed E-state index contributed by atoms with van der Waals surface area (Å²) in [6.07, 6.45) is 1.63. The molecule has 3 rings (SSSR count). The van der Waals surface area contributed by atoms with E-state index in [1.807, 2.05) is 49.4 Å². The Kier molecular flexibility index (Phi) is 3.40. The van der Waals surface area contributed by atoms with E-state index in [1.165, 1.54) is 0 Å². The number of aromatic nitrogens is 1. The molecule has 3 nitrogen and oxygen atoms in total. The van der Waals surface area contributed by atoms with Crippen LogP contribution < -0.4 is 4.74 Å². The average Bonchev–Trinajstić information content (AvgIpc) is 2.53. The molecule has 21 heavy (non-hydrogen) atoms. The molecule has 0 aliphatic rings. The number of ketones is 1. The zero-order valence-electron chi connectivity index (χ0n) is 12.0. The minimum absolute atomic E-state index is 0.0287. The van der Waals surface area contributed by atoms with Crippen molar-refractivity contribution in [3.8, 4) is 5.75 Å². The molecule has 0 fully saturated rings. The minimum atomic E-state index is -0.0287. The van der Waals surface area contributed by atoms with Gasteiger partial charge in [-0.1, -0.05) is 18.2 Å². The van der Waals surface area contributed by atoms with Gasteiger partial charge in [0.1, 0.15) is 5.75 Å². The zero-order chi connectivity index (χ0) is 14.8. The lowest BCUT2D eigenvalue weighted by atomic mass is 10.0. The van der Waals surface area contributed by atoms with E-state index in [0.29, 0.717) is 11.1 Å². The van der Waals surface area contributed by atoms with Crippen molar-refractivity contribution < 1.29 is 9.53 Å². The zero-order valence-corrected chi connectivity index (χ0v) is 12.0. The van der Waals surface area contributed by atoms with Crippen molar-refractivity contribution in [3.05, 3.63) is 71.4 Å². The highest BCUT2D eigenvalue weighted by molar-refractivity contribution is 6.10. The van der Waals surface area contributed by atoms with E-state index in [-0.39, 0.29) is 5.78 Å². The molecule has 0 saturated heterocycles. The molecule has 0 bridgehead atoms. The Morgan fingerprint density at radius 1 is 1.05 bits per heavy atom. The van der Waals surface area contributed by atoms with E-state index >= 15 is 0 Å². The van der Waals surface area contributed by atoms with Gasteiger partial charge in [0.2, 0.25) is 0 Å². The molecule has 0 N–H and O–H groups in total. The van der Waals surface area contributed by atoms with E-state index < -0.39 is 0 Å². The molecule has 0 unspecified atom stereocenters. The number of aryl methyl sites for hydroxylation is 1. The van der Waals surface area contributed by atoms with Gasteiger partial charge in [-0.15, -0.1) is 0 Å². The number of ether oxygens (including phenoxy) is 1. The molecule has 3 aromatic rings. The summed E-state index contributed by atoms with van der Waals surface area (Å²) in [5, 5.41) is 0.966. The van der Waals surface area contributed by atoms with Gasteiger partial charge in [0, 0.05) is 22.7 Å². The van der Waals surface area contributed by atoms with Gasteiger partial charge in [-0.25, -0.2) is 0 Å². The van der Waals surface area contributed by atoms with Gasteiger partial charge in [-0.05, 0) is 42.8 Å². The van der Waals surface area contributed by atoms with Crippen LogP contribution in [0.15, 0.2) is 54.7 Å². The number of nitrogens with zero attached hydrogens (tertiary/aromatic N) is 1. The first-order valence-electron chi connectivity index (χ1n) is 6.73.